The Labute approximate surface area is 227 Å². The quantitative estimate of drug-likeness (QED) is 0.236. The van der Waals surface area contributed by atoms with Crippen LogP contribution in [-0.2, 0) is 6.61 Å². The van der Waals surface area contributed by atoms with E-state index in [1.807, 2.05) is 60.4 Å². The first-order chi connectivity index (χ1) is 18.5. The lowest BCUT2D eigenvalue weighted by Gasteiger charge is -2.27. The summed E-state index contributed by atoms with van der Waals surface area (Å²) in [5.74, 6) is 1.15. The van der Waals surface area contributed by atoms with Gasteiger partial charge in [0.25, 0.3) is 5.91 Å². The Hall–Kier alpha value is -3.97. The van der Waals surface area contributed by atoms with Gasteiger partial charge in [0.1, 0.15) is 23.7 Å². The van der Waals surface area contributed by atoms with Gasteiger partial charge in [-0.15, -0.1) is 0 Å². The monoisotopic (exact) mass is 531 g/mol. The van der Waals surface area contributed by atoms with Gasteiger partial charge in [-0.25, -0.2) is 0 Å². The van der Waals surface area contributed by atoms with Crippen LogP contribution in [0, 0.1) is 0 Å². The number of H-pyrrole nitrogens is 1. The first-order valence-corrected chi connectivity index (χ1v) is 13.2. The van der Waals surface area contributed by atoms with Crippen molar-refractivity contribution < 1.29 is 19.4 Å². The molecule has 0 saturated carbocycles. The van der Waals surface area contributed by atoms with Crippen LogP contribution in [0.15, 0.2) is 66.7 Å². The lowest BCUT2D eigenvalue weighted by atomic mass is 9.95. The van der Waals surface area contributed by atoms with Gasteiger partial charge in [0.2, 0.25) is 0 Å². The minimum atomic E-state index is -0.418. The van der Waals surface area contributed by atoms with E-state index in [1.165, 1.54) is 6.07 Å². The molecule has 0 fully saturated rings. The van der Waals surface area contributed by atoms with E-state index in [9.17, 15) is 9.90 Å². The first-order valence-electron chi connectivity index (χ1n) is 12.8. The molecular weight excluding hydrogens is 502 g/mol. The summed E-state index contributed by atoms with van der Waals surface area (Å²) in [6.45, 7) is 5.48. The molecule has 1 amide bonds. The molecule has 196 valence electrons. The zero-order valence-corrected chi connectivity index (χ0v) is 22.2. The number of aromatic nitrogens is 2. The summed E-state index contributed by atoms with van der Waals surface area (Å²) in [5.41, 5.74) is 4.03. The van der Waals surface area contributed by atoms with Crippen LogP contribution in [-0.4, -0.2) is 39.3 Å². The number of carbonyl (C=O) groups is 1. The molecule has 38 heavy (non-hydrogen) atoms. The average Bonchev–Trinajstić information content (AvgIpc) is 3.47. The molecule has 2 N–H and O–H groups in total. The zero-order chi connectivity index (χ0) is 26.6. The minimum absolute atomic E-state index is 0.0431. The van der Waals surface area contributed by atoms with Crippen LogP contribution < -0.4 is 9.47 Å². The van der Waals surface area contributed by atoms with Crippen molar-refractivity contribution in [1.82, 2.24) is 15.1 Å². The van der Waals surface area contributed by atoms with E-state index in [1.54, 1.807) is 12.1 Å². The summed E-state index contributed by atoms with van der Waals surface area (Å²) in [7, 11) is 0. The van der Waals surface area contributed by atoms with Gasteiger partial charge in [-0.05, 0) is 54.8 Å². The number of phenols is 1. The molecule has 1 aromatic heterocycles. The summed E-state index contributed by atoms with van der Waals surface area (Å²) in [6, 6.07) is 20.1. The third-order valence-corrected chi connectivity index (χ3v) is 6.89. The fourth-order valence-corrected chi connectivity index (χ4v) is 5.00. The van der Waals surface area contributed by atoms with Crippen LogP contribution in [0.1, 0.15) is 59.9 Å². The molecule has 5 rings (SSSR count). The van der Waals surface area contributed by atoms with Gasteiger partial charge in [-0.1, -0.05) is 61.3 Å². The van der Waals surface area contributed by atoms with Crippen LogP contribution in [0.2, 0.25) is 5.02 Å². The predicted octanol–water partition coefficient (Wildman–Crippen LogP) is 6.76. The van der Waals surface area contributed by atoms with Crippen LogP contribution in [0.25, 0.3) is 11.3 Å². The number of halogens is 1. The summed E-state index contributed by atoms with van der Waals surface area (Å²) < 4.78 is 12.1. The number of benzene rings is 3. The highest BCUT2D eigenvalue weighted by Crippen LogP contribution is 2.46. The van der Waals surface area contributed by atoms with Crippen molar-refractivity contribution in [2.45, 2.75) is 39.3 Å². The van der Waals surface area contributed by atoms with Crippen LogP contribution in [0.4, 0.5) is 0 Å². The Morgan fingerprint density at radius 2 is 1.84 bits per heavy atom. The maximum Gasteiger partial charge on any atom is 0.273 e. The highest BCUT2D eigenvalue weighted by molar-refractivity contribution is 6.31. The van der Waals surface area contributed by atoms with Crippen molar-refractivity contribution in [3.8, 4) is 28.5 Å². The van der Waals surface area contributed by atoms with Gasteiger partial charge >= 0.3 is 0 Å². The zero-order valence-electron chi connectivity index (χ0n) is 21.4. The molecule has 1 aliphatic heterocycles. The Bertz CT molecular complexity index is 1440. The number of hydrogen-bond acceptors (Lipinski definition) is 5. The fraction of sp³-hybridized carbons (Fsp3) is 0.267. The fourth-order valence-electron chi connectivity index (χ4n) is 4.82. The number of unbranched alkanes of at least 4 members (excludes halogenated alkanes) is 1. The highest BCUT2D eigenvalue weighted by Gasteiger charge is 2.42. The molecule has 1 atom stereocenters. The van der Waals surface area contributed by atoms with Crippen LogP contribution in [0.3, 0.4) is 0 Å². The normalized spacial score (nSPS) is 14.6. The number of fused-ring (bicyclic) bond motifs is 1. The highest BCUT2D eigenvalue weighted by atomic mass is 35.5. The molecule has 0 bridgehead atoms. The summed E-state index contributed by atoms with van der Waals surface area (Å²) in [4.78, 5) is 15.4. The van der Waals surface area contributed by atoms with E-state index in [-0.39, 0.29) is 11.7 Å². The number of nitrogens with zero attached hydrogens (tertiary/aromatic N) is 2. The van der Waals surface area contributed by atoms with E-state index in [0.29, 0.717) is 58.8 Å². The smallest absolute Gasteiger partial charge is 0.273 e. The lowest BCUT2D eigenvalue weighted by molar-refractivity contribution is 0.0741. The number of aromatic hydroxyl groups is 1. The van der Waals surface area contributed by atoms with Crippen molar-refractivity contribution in [2.24, 2.45) is 0 Å². The standard InChI is InChI=1S/C30H30ClN3O4/c1-3-5-15-34-29(26-27(32-33-28(26)30(34)36)22-17-21(31)12-13-23(22)35)20-11-14-24(25(16-20)37-4-2)38-18-19-9-7-6-8-10-19/h6-14,16-17,29,35H,3-5,15,18H2,1-2H3,(H,32,33). The van der Waals surface area contributed by atoms with Crippen molar-refractivity contribution in [3.63, 3.8) is 0 Å². The number of ether oxygens (including phenoxy) is 2. The molecular formula is C30H30ClN3O4. The molecule has 8 heteroatoms. The van der Waals surface area contributed by atoms with Crippen molar-refractivity contribution in [3.05, 3.63) is 94.1 Å². The Morgan fingerprint density at radius 3 is 2.61 bits per heavy atom. The minimum Gasteiger partial charge on any atom is -0.507 e. The van der Waals surface area contributed by atoms with Gasteiger partial charge < -0.3 is 19.5 Å². The van der Waals surface area contributed by atoms with E-state index < -0.39 is 6.04 Å². The second-order valence-electron chi connectivity index (χ2n) is 9.19. The van der Waals surface area contributed by atoms with Crippen LogP contribution in [0.5, 0.6) is 17.2 Å². The number of hydrogen-bond donors (Lipinski definition) is 2. The third-order valence-electron chi connectivity index (χ3n) is 6.65. The predicted molar refractivity (Wildman–Crippen MR) is 147 cm³/mol. The van der Waals surface area contributed by atoms with Crippen molar-refractivity contribution in [1.29, 1.82) is 0 Å². The molecule has 2 heterocycles. The largest absolute Gasteiger partial charge is 0.507 e. The second-order valence-corrected chi connectivity index (χ2v) is 9.63. The second kappa shape index (κ2) is 11.2. The number of carbonyl (C=O) groups excluding carboxylic acids is 1. The Balaban J connectivity index is 1.57. The van der Waals surface area contributed by atoms with Gasteiger partial charge in [0.05, 0.1) is 12.6 Å². The van der Waals surface area contributed by atoms with Gasteiger partial charge in [0, 0.05) is 22.7 Å². The molecule has 0 spiro atoms. The number of amides is 1. The topological polar surface area (TPSA) is 87.7 Å². The number of phenolic OH excluding ortho intramolecular Hbond substituents is 1. The molecule has 0 saturated heterocycles. The third kappa shape index (κ3) is 4.94. The molecule has 4 aromatic rings. The van der Waals surface area contributed by atoms with E-state index >= 15 is 0 Å². The molecule has 0 aliphatic carbocycles. The number of aromatic amines is 1. The Morgan fingerprint density at radius 1 is 1.03 bits per heavy atom. The van der Waals surface area contributed by atoms with E-state index in [4.69, 9.17) is 21.1 Å². The van der Waals surface area contributed by atoms with Gasteiger partial charge in [0.15, 0.2) is 11.5 Å². The first kappa shape index (κ1) is 25.7. The summed E-state index contributed by atoms with van der Waals surface area (Å²) in [5, 5.41) is 18.5. The molecule has 0 radical (unpaired) electrons. The van der Waals surface area contributed by atoms with E-state index in [2.05, 4.69) is 17.1 Å². The number of rotatable bonds is 10. The maximum absolute atomic E-state index is 13.5. The lowest BCUT2D eigenvalue weighted by Crippen LogP contribution is -2.30. The van der Waals surface area contributed by atoms with Crippen molar-refractivity contribution in [2.75, 3.05) is 13.2 Å². The van der Waals surface area contributed by atoms with Crippen LogP contribution >= 0.6 is 11.6 Å². The molecule has 3 aromatic carbocycles. The number of nitrogens with one attached hydrogen (secondary N) is 1. The summed E-state index contributed by atoms with van der Waals surface area (Å²) in [6.07, 6.45) is 1.80. The SMILES string of the molecule is CCCCN1C(=O)c2[nH]nc(-c3cc(Cl)ccc3O)c2C1c1ccc(OCc2ccccc2)c(OCC)c1. The maximum atomic E-state index is 13.5. The molecule has 1 aliphatic rings. The molecule has 1 unspecified atom stereocenters. The Kier molecular flexibility index (Phi) is 7.56. The molecule has 7 nitrogen and oxygen atoms in total. The van der Waals surface area contributed by atoms with Gasteiger partial charge in [-0.2, -0.15) is 5.10 Å². The summed E-state index contributed by atoms with van der Waals surface area (Å²) >= 11 is 6.25. The average molecular weight is 532 g/mol. The van der Waals surface area contributed by atoms with Crippen molar-refractivity contribution >= 4 is 17.5 Å². The van der Waals surface area contributed by atoms with Gasteiger partial charge in [-0.3, -0.25) is 9.89 Å². The van der Waals surface area contributed by atoms with E-state index in [0.717, 1.165) is 24.0 Å².